The molecule has 1 aliphatic heterocycles. The van der Waals surface area contributed by atoms with Gasteiger partial charge in [-0.2, -0.15) is 13.2 Å². The Balaban J connectivity index is 1.48. The number of halogens is 3. The molecule has 1 aliphatic rings. The summed E-state index contributed by atoms with van der Waals surface area (Å²) in [6, 6.07) is 11.0. The van der Waals surface area contributed by atoms with Crippen LogP contribution in [0, 0.1) is 0 Å². The van der Waals surface area contributed by atoms with Crippen molar-refractivity contribution in [1.82, 2.24) is 4.90 Å². The first kappa shape index (κ1) is 23.9. The molecule has 2 aromatic rings. The first-order valence-corrected chi connectivity index (χ1v) is 10.5. The van der Waals surface area contributed by atoms with Crippen molar-refractivity contribution in [3.05, 3.63) is 66.2 Å². The van der Waals surface area contributed by atoms with Crippen molar-refractivity contribution in [3.63, 3.8) is 0 Å². The summed E-state index contributed by atoms with van der Waals surface area (Å²) in [7, 11) is 1.57. The van der Waals surface area contributed by atoms with Crippen LogP contribution < -0.4 is 14.4 Å². The molecule has 1 saturated heterocycles. The molecule has 8 heteroatoms. The van der Waals surface area contributed by atoms with Gasteiger partial charge in [-0.25, -0.2) is 0 Å². The van der Waals surface area contributed by atoms with Gasteiger partial charge in [-0.15, -0.1) is 6.58 Å². The van der Waals surface area contributed by atoms with Crippen molar-refractivity contribution in [3.8, 4) is 11.5 Å². The van der Waals surface area contributed by atoms with Crippen LogP contribution in [-0.2, 0) is 12.6 Å². The first-order chi connectivity index (χ1) is 15.3. The molecule has 0 bridgehead atoms. The number of ether oxygens (including phenoxy) is 2. The highest BCUT2D eigenvalue weighted by molar-refractivity contribution is 5.49. The lowest BCUT2D eigenvalue weighted by Crippen LogP contribution is -2.49. The number of benzene rings is 2. The van der Waals surface area contributed by atoms with Crippen molar-refractivity contribution < 1.29 is 27.8 Å². The van der Waals surface area contributed by atoms with E-state index in [0.29, 0.717) is 49.9 Å². The molecule has 1 atom stereocenters. The van der Waals surface area contributed by atoms with Crippen LogP contribution in [0.5, 0.6) is 11.5 Å². The first-order valence-electron chi connectivity index (χ1n) is 10.5. The third kappa shape index (κ3) is 6.40. The summed E-state index contributed by atoms with van der Waals surface area (Å²) < 4.78 is 50.0. The third-order valence-corrected chi connectivity index (χ3v) is 5.42. The van der Waals surface area contributed by atoms with Gasteiger partial charge in [0.1, 0.15) is 12.7 Å². The Morgan fingerprint density at radius 3 is 2.50 bits per heavy atom. The quantitative estimate of drug-likeness (QED) is 0.585. The van der Waals surface area contributed by atoms with E-state index in [4.69, 9.17) is 9.47 Å². The summed E-state index contributed by atoms with van der Waals surface area (Å²) in [5.41, 5.74) is 0.983. The number of β-amino-alcohol motifs (C(OH)–C–C–N with tert-alkyl or cyclic N) is 1. The summed E-state index contributed by atoms with van der Waals surface area (Å²) in [6.45, 7) is 6.74. The molecule has 1 fully saturated rings. The molecule has 3 rings (SSSR count). The Kier molecular flexibility index (Phi) is 8.04. The van der Waals surface area contributed by atoms with Crippen LogP contribution in [-0.4, -0.2) is 62.6 Å². The van der Waals surface area contributed by atoms with Gasteiger partial charge < -0.3 is 19.5 Å². The van der Waals surface area contributed by atoms with Gasteiger partial charge >= 0.3 is 6.18 Å². The smallest absolute Gasteiger partial charge is 0.416 e. The molecule has 0 spiro atoms. The van der Waals surface area contributed by atoms with Crippen LogP contribution in [0.3, 0.4) is 0 Å². The van der Waals surface area contributed by atoms with Crippen molar-refractivity contribution >= 4 is 5.69 Å². The van der Waals surface area contributed by atoms with Crippen LogP contribution in [0.15, 0.2) is 55.1 Å². The molecule has 5 nitrogen and oxygen atoms in total. The topological polar surface area (TPSA) is 45.2 Å². The van der Waals surface area contributed by atoms with Crippen LogP contribution in [0.25, 0.3) is 0 Å². The molecule has 1 N–H and O–H groups in total. The molecule has 0 saturated carbocycles. The highest BCUT2D eigenvalue weighted by Gasteiger charge is 2.31. The van der Waals surface area contributed by atoms with E-state index in [2.05, 4.69) is 11.5 Å². The molecule has 2 aromatic carbocycles. The summed E-state index contributed by atoms with van der Waals surface area (Å²) in [6.07, 6.45) is -2.51. The fourth-order valence-electron chi connectivity index (χ4n) is 3.73. The maximum atomic E-state index is 13.0. The van der Waals surface area contributed by atoms with E-state index < -0.39 is 17.8 Å². The summed E-state index contributed by atoms with van der Waals surface area (Å²) in [4.78, 5) is 4.02. The molecule has 32 heavy (non-hydrogen) atoms. The maximum Gasteiger partial charge on any atom is 0.416 e. The lowest BCUT2D eigenvalue weighted by atomic mass is 10.1. The highest BCUT2D eigenvalue weighted by Crippen LogP contribution is 2.32. The van der Waals surface area contributed by atoms with Gasteiger partial charge in [0.05, 0.1) is 12.7 Å². The number of aliphatic hydroxyl groups is 1. The minimum atomic E-state index is -4.35. The lowest BCUT2D eigenvalue weighted by molar-refractivity contribution is -0.137. The SMILES string of the molecule is C=CCc1ccc(OCC(O)CN2CCN(c3cccc(C(F)(F)F)c3)CC2)c(OC)c1. The molecular formula is C24H29F3N2O3. The highest BCUT2D eigenvalue weighted by atomic mass is 19.4. The Morgan fingerprint density at radius 1 is 1.09 bits per heavy atom. The van der Waals surface area contributed by atoms with Gasteiger partial charge in [0, 0.05) is 38.4 Å². The number of nitrogens with zero attached hydrogens (tertiary/aromatic N) is 2. The number of alkyl halides is 3. The van der Waals surface area contributed by atoms with Crippen molar-refractivity contribution in [2.75, 3.05) is 51.3 Å². The van der Waals surface area contributed by atoms with Crippen molar-refractivity contribution in [1.29, 1.82) is 0 Å². The molecular weight excluding hydrogens is 421 g/mol. The average molecular weight is 451 g/mol. The molecule has 0 aliphatic carbocycles. The van der Waals surface area contributed by atoms with E-state index in [1.54, 1.807) is 13.2 Å². The molecule has 174 valence electrons. The summed E-state index contributed by atoms with van der Waals surface area (Å²) in [5.74, 6) is 1.17. The van der Waals surface area contributed by atoms with Crippen LogP contribution in [0.1, 0.15) is 11.1 Å². The standard InChI is InChI=1S/C24H29F3N2O3/c1-3-5-18-8-9-22(23(14-18)31-2)32-17-21(30)16-28-10-12-29(13-11-28)20-7-4-6-19(15-20)24(25,26)27/h3-4,6-9,14-15,21,30H,1,5,10-13,16-17H2,2H3. The van der Waals surface area contributed by atoms with Gasteiger partial charge in [0.2, 0.25) is 0 Å². The number of piperazine rings is 1. The lowest BCUT2D eigenvalue weighted by Gasteiger charge is -2.37. The third-order valence-electron chi connectivity index (χ3n) is 5.42. The number of allylic oxidation sites excluding steroid dienone is 1. The van der Waals surface area contributed by atoms with Crippen molar-refractivity contribution in [2.24, 2.45) is 0 Å². The Hall–Kier alpha value is -2.71. The number of hydrogen-bond donors (Lipinski definition) is 1. The molecule has 0 amide bonds. The normalized spacial score (nSPS) is 16.0. The van der Waals surface area contributed by atoms with E-state index in [0.717, 1.165) is 18.1 Å². The largest absolute Gasteiger partial charge is 0.493 e. The molecule has 0 radical (unpaired) electrons. The fourth-order valence-corrected chi connectivity index (χ4v) is 3.73. The number of hydrogen-bond acceptors (Lipinski definition) is 5. The number of anilines is 1. The molecule has 0 aromatic heterocycles. The van der Waals surface area contributed by atoms with Gasteiger partial charge in [0.15, 0.2) is 11.5 Å². The maximum absolute atomic E-state index is 13.0. The van der Waals surface area contributed by atoms with E-state index in [1.807, 2.05) is 29.2 Å². The zero-order chi connectivity index (χ0) is 23.1. The Labute approximate surface area is 186 Å². The zero-order valence-electron chi connectivity index (χ0n) is 18.1. The summed E-state index contributed by atoms with van der Waals surface area (Å²) >= 11 is 0. The predicted octanol–water partition coefficient (Wildman–Crippen LogP) is 4.00. The number of aliphatic hydroxyl groups excluding tert-OH is 1. The second-order valence-electron chi connectivity index (χ2n) is 7.78. The monoisotopic (exact) mass is 450 g/mol. The van der Waals surface area contributed by atoms with E-state index in [-0.39, 0.29) is 6.61 Å². The predicted molar refractivity (Wildman–Crippen MR) is 118 cm³/mol. The van der Waals surface area contributed by atoms with Crippen LogP contribution in [0.2, 0.25) is 0 Å². The second kappa shape index (κ2) is 10.7. The second-order valence-corrected chi connectivity index (χ2v) is 7.78. The molecule has 1 heterocycles. The van der Waals surface area contributed by atoms with Gasteiger partial charge in [-0.05, 0) is 42.3 Å². The Morgan fingerprint density at radius 2 is 1.84 bits per heavy atom. The van der Waals surface area contributed by atoms with Crippen LogP contribution >= 0.6 is 0 Å². The number of methoxy groups -OCH3 is 1. The van der Waals surface area contributed by atoms with Gasteiger partial charge in [-0.3, -0.25) is 4.90 Å². The van der Waals surface area contributed by atoms with E-state index >= 15 is 0 Å². The van der Waals surface area contributed by atoms with Gasteiger partial charge in [-0.1, -0.05) is 18.2 Å². The summed E-state index contributed by atoms with van der Waals surface area (Å²) in [5, 5.41) is 10.4. The average Bonchev–Trinajstić information content (AvgIpc) is 2.78. The fraction of sp³-hybridized carbons (Fsp3) is 0.417. The van der Waals surface area contributed by atoms with E-state index in [1.165, 1.54) is 12.1 Å². The minimum Gasteiger partial charge on any atom is -0.493 e. The molecule has 1 unspecified atom stereocenters. The van der Waals surface area contributed by atoms with Gasteiger partial charge in [0.25, 0.3) is 0 Å². The Bertz CT molecular complexity index is 896. The van der Waals surface area contributed by atoms with Crippen LogP contribution in [0.4, 0.5) is 18.9 Å². The van der Waals surface area contributed by atoms with Crippen molar-refractivity contribution in [2.45, 2.75) is 18.7 Å². The minimum absolute atomic E-state index is 0.116. The zero-order valence-corrected chi connectivity index (χ0v) is 18.1. The van der Waals surface area contributed by atoms with E-state index in [9.17, 15) is 18.3 Å². The number of rotatable bonds is 9.